The van der Waals surface area contributed by atoms with E-state index in [4.69, 9.17) is 0 Å². The van der Waals surface area contributed by atoms with Gasteiger partial charge >= 0.3 is 0 Å². The van der Waals surface area contributed by atoms with E-state index in [0.29, 0.717) is 13.0 Å². The van der Waals surface area contributed by atoms with Gasteiger partial charge in [-0.25, -0.2) is 8.78 Å². The van der Waals surface area contributed by atoms with Gasteiger partial charge in [0.1, 0.15) is 0 Å². The van der Waals surface area contributed by atoms with Crippen LogP contribution in [0.2, 0.25) is 0 Å². The lowest BCUT2D eigenvalue weighted by atomic mass is 10.1. The van der Waals surface area contributed by atoms with E-state index >= 15 is 0 Å². The number of rotatable bonds is 4. The quantitative estimate of drug-likeness (QED) is 0.797. The van der Waals surface area contributed by atoms with Crippen molar-refractivity contribution in [3.8, 4) is 0 Å². The average Bonchev–Trinajstić information content (AvgIpc) is 3.04. The number of halogens is 2. The molecular formula is C15H16F2N2O2. The Morgan fingerprint density at radius 2 is 1.67 bits per heavy atom. The lowest BCUT2D eigenvalue weighted by molar-refractivity contribution is -0.114. The second kappa shape index (κ2) is 5.52. The second-order valence-electron chi connectivity index (χ2n) is 5.47. The molecule has 1 aromatic carbocycles. The van der Waals surface area contributed by atoms with Crippen LogP contribution in [0.3, 0.4) is 0 Å². The van der Waals surface area contributed by atoms with Crippen LogP contribution in [0.1, 0.15) is 29.6 Å². The molecular weight excluding hydrogens is 278 g/mol. The van der Waals surface area contributed by atoms with Crippen LogP contribution in [-0.2, 0) is 4.79 Å². The number of amides is 1. The fourth-order valence-electron chi connectivity index (χ4n) is 2.97. The minimum absolute atomic E-state index is 0.0416. The van der Waals surface area contributed by atoms with Crippen LogP contribution in [0.5, 0.6) is 0 Å². The number of fused-ring (bicyclic) bond motifs is 1. The van der Waals surface area contributed by atoms with Gasteiger partial charge in [-0.2, -0.15) is 0 Å². The normalized spacial score (nSPS) is 18.7. The van der Waals surface area contributed by atoms with Gasteiger partial charge in [0.25, 0.3) is 11.7 Å². The Kier molecular flexibility index (Phi) is 3.71. The Labute approximate surface area is 121 Å². The number of likely N-dealkylation sites (tertiary alicyclic amines) is 1. The summed E-state index contributed by atoms with van der Waals surface area (Å²) in [5.74, 6) is -3.60. The molecule has 112 valence electrons. The van der Waals surface area contributed by atoms with E-state index in [0.717, 1.165) is 31.8 Å². The van der Waals surface area contributed by atoms with Crippen molar-refractivity contribution < 1.29 is 18.4 Å². The molecule has 0 radical (unpaired) electrons. The zero-order valence-electron chi connectivity index (χ0n) is 11.6. The summed E-state index contributed by atoms with van der Waals surface area (Å²) in [5.41, 5.74) is 0.144. The number of hydrogen-bond acceptors (Lipinski definition) is 3. The minimum Gasteiger partial charge on any atom is -0.305 e. The summed E-state index contributed by atoms with van der Waals surface area (Å²) in [4.78, 5) is 27.3. The van der Waals surface area contributed by atoms with Crippen LogP contribution in [0.15, 0.2) is 12.1 Å². The number of hydrogen-bond donors (Lipinski definition) is 0. The Morgan fingerprint density at radius 3 is 2.38 bits per heavy atom. The molecule has 0 bridgehead atoms. The SMILES string of the molecule is O=C1C(=O)N(CCCN2CCCC2)c2cc(F)c(F)cc21. The zero-order chi connectivity index (χ0) is 15.0. The summed E-state index contributed by atoms with van der Waals surface area (Å²) in [5, 5.41) is 0. The molecule has 0 saturated carbocycles. The van der Waals surface area contributed by atoms with Crippen molar-refractivity contribution in [2.24, 2.45) is 0 Å². The molecule has 3 rings (SSSR count). The molecule has 0 atom stereocenters. The number of carbonyl (C=O) groups is 2. The molecule has 4 nitrogen and oxygen atoms in total. The first-order valence-corrected chi connectivity index (χ1v) is 7.15. The highest BCUT2D eigenvalue weighted by Crippen LogP contribution is 2.31. The summed E-state index contributed by atoms with van der Waals surface area (Å²) in [7, 11) is 0. The van der Waals surface area contributed by atoms with Crippen LogP contribution in [0.4, 0.5) is 14.5 Å². The highest BCUT2D eigenvalue weighted by molar-refractivity contribution is 6.52. The molecule has 21 heavy (non-hydrogen) atoms. The molecule has 0 unspecified atom stereocenters. The van der Waals surface area contributed by atoms with Gasteiger partial charge in [0, 0.05) is 12.6 Å². The second-order valence-corrected chi connectivity index (χ2v) is 5.47. The highest BCUT2D eigenvalue weighted by atomic mass is 19.2. The predicted molar refractivity (Wildman–Crippen MR) is 73.3 cm³/mol. The molecule has 0 N–H and O–H groups in total. The molecule has 2 heterocycles. The largest absolute Gasteiger partial charge is 0.305 e. The first-order chi connectivity index (χ1) is 10.1. The smallest absolute Gasteiger partial charge is 0.299 e. The highest BCUT2D eigenvalue weighted by Gasteiger charge is 2.36. The van der Waals surface area contributed by atoms with E-state index in [2.05, 4.69) is 4.90 Å². The van der Waals surface area contributed by atoms with Gasteiger partial charge in [0.05, 0.1) is 11.3 Å². The van der Waals surface area contributed by atoms with Crippen molar-refractivity contribution in [3.63, 3.8) is 0 Å². The third-order valence-corrected chi connectivity index (χ3v) is 4.07. The number of nitrogens with zero attached hydrogens (tertiary/aromatic N) is 2. The summed E-state index contributed by atoms with van der Waals surface area (Å²) in [6.45, 7) is 3.31. The van der Waals surface area contributed by atoms with E-state index in [-0.39, 0.29) is 11.3 Å². The van der Waals surface area contributed by atoms with Gasteiger partial charge < -0.3 is 9.80 Å². The molecule has 6 heteroatoms. The maximum Gasteiger partial charge on any atom is 0.299 e. The van der Waals surface area contributed by atoms with E-state index in [1.54, 1.807) is 0 Å². The number of anilines is 1. The molecule has 0 aliphatic carbocycles. The van der Waals surface area contributed by atoms with E-state index in [9.17, 15) is 18.4 Å². The van der Waals surface area contributed by atoms with Crippen LogP contribution >= 0.6 is 0 Å². The fourth-order valence-corrected chi connectivity index (χ4v) is 2.97. The maximum atomic E-state index is 13.3. The molecule has 1 aromatic rings. The maximum absolute atomic E-state index is 13.3. The van der Waals surface area contributed by atoms with Crippen LogP contribution in [-0.4, -0.2) is 42.8 Å². The van der Waals surface area contributed by atoms with Gasteiger partial charge in [-0.15, -0.1) is 0 Å². The lowest BCUT2D eigenvalue weighted by Crippen LogP contribution is -2.33. The van der Waals surface area contributed by atoms with Crippen molar-refractivity contribution in [2.45, 2.75) is 19.3 Å². The number of Topliss-reactive ketones (excluding diaryl/α,β-unsaturated/α-hetero) is 1. The van der Waals surface area contributed by atoms with Crippen LogP contribution in [0, 0.1) is 11.6 Å². The third kappa shape index (κ3) is 2.55. The molecule has 1 saturated heterocycles. The number of ketones is 1. The minimum atomic E-state index is -1.10. The van der Waals surface area contributed by atoms with Crippen LogP contribution < -0.4 is 4.90 Å². The monoisotopic (exact) mass is 294 g/mol. The van der Waals surface area contributed by atoms with E-state index < -0.39 is 23.3 Å². The predicted octanol–water partition coefficient (Wildman–Crippen LogP) is 1.98. The van der Waals surface area contributed by atoms with E-state index in [1.807, 2.05) is 0 Å². The van der Waals surface area contributed by atoms with Gasteiger partial charge in [-0.3, -0.25) is 9.59 Å². The first kappa shape index (κ1) is 14.1. The molecule has 0 spiro atoms. The van der Waals surface area contributed by atoms with Gasteiger partial charge in [0.2, 0.25) is 0 Å². The van der Waals surface area contributed by atoms with Crippen molar-refractivity contribution in [1.82, 2.24) is 4.90 Å². The number of benzene rings is 1. The van der Waals surface area contributed by atoms with Gasteiger partial charge in [0.15, 0.2) is 11.6 Å². The first-order valence-electron chi connectivity index (χ1n) is 7.15. The topological polar surface area (TPSA) is 40.6 Å². The Bertz CT molecular complexity index is 598. The van der Waals surface area contributed by atoms with Crippen LogP contribution in [0.25, 0.3) is 0 Å². The summed E-state index contributed by atoms with van der Waals surface area (Å²) in [6.07, 6.45) is 3.08. The van der Waals surface area contributed by atoms with Crippen molar-refractivity contribution in [3.05, 3.63) is 29.3 Å². The third-order valence-electron chi connectivity index (χ3n) is 4.07. The summed E-state index contributed by atoms with van der Waals surface area (Å²) in [6, 6.07) is 1.74. The van der Waals surface area contributed by atoms with Gasteiger partial charge in [-0.05, 0) is 45.0 Å². The molecule has 2 aliphatic heterocycles. The summed E-state index contributed by atoms with van der Waals surface area (Å²) < 4.78 is 26.5. The van der Waals surface area contributed by atoms with E-state index in [1.165, 1.54) is 17.7 Å². The Hall–Kier alpha value is -1.82. The van der Waals surface area contributed by atoms with Crippen molar-refractivity contribution >= 4 is 17.4 Å². The standard InChI is InChI=1S/C15H16F2N2O2/c16-11-8-10-13(9-12(11)17)19(15(21)14(10)20)7-3-6-18-4-1-2-5-18/h8-9H,1-7H2. The average molecular weight is 294 g/mol. The molecule has 1 fully saturated rings. The van der Waals surface area contributed by atoms with Crippen molar-refractivity contribution in [1.29, 1.82) is 0 Å². The molecule has 1 amide bonds. The fraction of sp³-hybridized carbons (Fsp3) is 0.467. The Balaban J connectivity index is 1.72. The summed E-state index contributed by atoms with van der Waals surface area (Å²) >= 11 is 0. The van der Waals surface area contributed by atoms with Gasteiger partial charge in [-0.1, -0.05) is 0 Å². The number of carbonyl (C=O) groups excluding carboxylic acids is 2. The zero-order valence-corrected chi connectivity index (χ0v) is 11.6. The molecule has 0 aromatic heterocycles. The lowest BCUT2D eigenvalue weighted by Gasteiger charge is -2.19. The van der Waals surface area contributed by atoms with Crippen molar-refractivity contribution in [2.75, 3.05) is 31.1 Å². The molecule has 2 aliphatic rings. The Morgan fingerprint density at radius 1 is 1.00 bits per heavy atom.